The van der Waals surface area contributed by atoms with Crippen molar-refractivity contribution >= 4 is 17.5 Å². The Hall–Kier alpha value is -1.91. The van der Waals surface area contributed by atoms with Crippen molar-refractivity contribution in [3.8, 4) is 0 Å². The second-order valence-corrected chi connectivity index (χ2v) is 8.15. The summed E-state index contributed by atoms with van der Waals surface area (Å²) >= 11 is 6.26. The minimum atomic E-state index is -0.877. The predicted octanol–water partition coefficient (Wildman–Crippen LogP) is 4.34. The highest BCUT2D eigenvalue weighted by molar-refractivity contribution is 6.32. The standard InChI is InChI=1S/C22H25ClN2O2/c1-15-11-12-17(20(23)24-15)21(26)25-14-13-22(27,16-7-3-2-4-8-16)18-9-5-6-10-19(18)25/h2-4,7-8,11-12,18-19,27H,5-6,9-10,13-14H2,1H3. The number of nitrogens with zero attached hydrogens (tertiary/aromatic N) is 2. The van der Waals surface area contributed by atoms with E-state index in [1.54, 1.807) is 6.07 Å². The molecule has 1 aliphatic carbocycles. The van der Waals surface area contributed by atoms with Crippen LogP contribution >= 0.6 is 11.6 Å². The van der Waals surface area contributed by atoms with E-state index in [2.05, 4.69) is 4.98 Å². The topological polar surface area (TPSA) is 53.4 Å². The van der Waals surface area contributed by atoms with E-state index in [9.17, 15) is 9.90 Å². The first kappa shape index (κ1) is 18.5. The zero-order valence-electron chi connectivity index (χ0n) is 15.6. The smallest absolute Gasteiger partial charge is 0.257 e. The Morgan fingerprint density at radius 1 is 1.19 bits per heavy atom. The first-order valence-electron chi connectivity index (χ1n) is 9.73. The first-order valence-corrected chi connectivity index (χ1v) is 10.1. The zero-order valence-corrected chi connectivity index (χ0v) is 16.3. The Kier molecular flexibility index (Phi) is 4.95. The summed E-state index contributed by atoms with van der Waals surface area (Å²) in [7, 11) is 0. The lowest BCUT2D eigenvalue weighted by Crippen LogP contribution is -2.59. The van der Waals surface area contributed by atoms with Crippen molar-refractivity contribution in [2.24, 2.45) is 5.92 Å². The summed E-state index contributed by atoms with van der Waals surface area (Å²) in [5.41, 5.74) is 1.34. The quantitative estimate of drug-likeness (QED) is 0.784. The highest BCUT2D eigenvalue weighted by Gasteiger charge is 2.50. The largest absolute Gasteiger partial charge is 0.385 e. The molecule has 3 unspecified atom stereocenters. The van der Waals surface area contributed by atoms with Crippen LogP contribution in [0.25, 0.3) is 0 Å². The molecular weight excluding hydrogens is 360 g/mol. The monoisotopic (exact) mass is 384 g/mol. The molecular formula is C22H25ClN2O2. The number of hydrogen-bond acceptors (Lipinski definition) is 3. The van der Waals surface area contributed by atoms with Gasteiger partial charge in [-0.25, -0.2) is 4.98 Å². The Balaban J connectivity index is 1.66. The maximum absolute atomic E-state index is 13.3. The van der Waals surface area contributed by atoms with E-state index in [1.165, 1.54) is 0 Å². The van der Waals surface area contributed by atoms with Gasteiger partial charge in [-0.15, -0.1) is 0 Å². The van der Waals surface area contributed by atoms with Gasteiger partial charge in [0.05, 0.1) is 11.2 Å². The van der Waals surface area contributed by atoms with Crippen molar-refractivity contribution in [1.82, 2.24) is 9.88 Å². The molecule has 2 aromatic rings. The Morgan fingerprint density at radius 2 is 1.93 bits per heavy atom. The third-order valence-corrected chi connectivity index (χ3v) is 6.52. The first-order chi connectivity index (χ1) is 13.0. The van der Waals surface area contributed by atoms with Crippen LogP contribution in [0.3, 0.4) is 0 Å². The molecule has 142 valence electrons. The van der Waals surface area contributed by atoms with E-state index in [4.69, 9.17) is 11.6 Å². The number of amides is 1. The molecule has 3 atom stereocenters. The van der Waals surface area contributed by atoms with Crippen molar-refractivity contribution in [3.05, 3.63) is 64.4 Å². The summed E-state index contributed by atoms with van der Waals surface area (Å²) in [4.78, 5) is 19.4. The van der Waals surface area contributed by atoms with Gasteiger partial charge in [-0.3, -0.25) is 4.79 Å². The van der Waals surface area contributed by atoms with Crippen LogP contribution in [0.15, 0.2) is 42.5 Å². The van der Waals surface area contributed by atoms with Gasteiger partial charge in [-0.05, 0) is 43.9 Å². The van der Waals surface area contributed by atoms with Gasteiger partial charge in [0.15, 0.2) is 0 Å². The Labute approximate surface area is 165 Å². The molecule has 1 saturated heterocycles. The lowest BCUT2D eigenvalue weighted by molar-refractivity contribution is -0.110. The van der Waals surface area contributed by atoms with Crippen LogP contribution in [0, 0.1) is 12.8 Å². The maximum Gasteiger partial charge on any atom is 0.257 e. The number of aromatic nitrogens is 1. The number of aryl methyl sites for hydroxylation is 1. The molecule has 4 nitrogen and oxygen atoms in total. The number of halogens is 1. The number of benzene rings is 1. The molecule has 1 amide bonds. The number of hydrogen-bond donors (Lipinski definition) is 1. The number of carbonyl (C=O) groups is 1. The van der Waals surface area contributed by atoms with Gasteiger partial charge in [0, 0.05) is 24.2 Å². The normalized spacial score (nSPS) is 27.9. The molecule has 1 aromatic carbocycles. The van der Waals surface area contributed by atoms with E-state index in [1.807, 2.05) is 48.2 Å². The highest BCUT2D eigenvalue weighted by atomic mass is 35.5. The molecule has 0 spiro atoms. The lowest BCUT2D eigenvalue weighted by atomic mass is 9.66. The number of carbonyl (C=O) groups excluding carboxylic acids is 1. The zero-order chi connectivity index (χ0) is 19.0. The Bertz CT molecular complexity index is 841. The van der Waals surface area contributed by atoms with Crippen LogP contribution in [-0.2, 0) is 5.60 Å². The summed E-state index contributed by atoms with van der Waals surface area (Å²) < 4.78 is 0. The van der Waals surface area contributed by atoms with Gasteiger partial charge >= 0.3 is 0 Å². The number of fused-ring (bicyclic) bond motifs is 1. The molecule has 1 saturated carbocycles. The molecule has 0 radical (unpaired) electrons. The van der Waals surface area contributed by atoms with Crippen molar-refractivity contribution in [2.75, 3.05) is 6.54 Å². The van der Waals surface area contributed by atoms with E-state index in [0.29, 0.717) is 18.5 Å². The molecule has 1 aromatic heterocycles. The molecule has 1 N–H and O–H groups in total. The number of piperidine rings is 1. The predicted molar refractivity (Wildman–Crippen MR) is 106 cm³/mol. The summed E-state index contributed by atoms with van der Waals surface area (Å²) in [6.45, 7) is 2.38. The van der Waals surface area contributed by atoms with Crippen molar-refractivity contribution in [2.45, 2.75) is 50.7 Å². The van der Waals surface area contributed by atoms with Gasteiger partial charge in [0.1, 0.15) is 5.15 Å². The number of pyridine rings is 1. The average Bonchev–Trinajstić information content (AvgIpc) is 2.69. The van der Waals surface area contributed by atoms with Gasteiger partial charge in [-0.1, -0.05) is 54.8 Å². The van der Waals surface area contributed by atoms with Crippen molar-refractivity contribution in [3.63, 3.8) is 0 Å². The fourth-order valence-electron chi connectivity index (χ4n) is 4.86. The number of aliphatic hydroxyl groups is 1. The van der Waals surface area contributed by atoms with E-state index < -0.39 is 5.60 Å². The number of likely N-dealkylation sites (tertiary alicyclic amines) is 1. The van der Waals surface area contributed by atoms with Crippen LogP contribution in [0.4, 0.5) is 0 Å². The van der Waals surface area contributed by atoms with Crippen LogP contribution < -0.4 is 0 Å². The van der Waals surface area contributed by atoms with Crippen molar-refractivity contribution in [1.29, 1.82) is 0 Å². The van der Waals surface area contributed by atoms with Crippen LogP contribution in [-0.4, -0.2) is 33.5 Å². The lowest BCUT2D eigenvalue weighted by Gasteiger charge is -2.52. The molecule has 5 heteroatoms. The van der Waals surface area contributed by atoms with Crippen molar-refractivity contribution < 1.29 is 9.90 Å². The van der Waals surface area contributed by atoms with Gasteiger partial charge < -0.3 is 10.0 Å². The SMILES string of the molecule is Cc1ccc(C(=O)N2CCC(O)(c3ccccc3)C3CCCCC32)c(Cl)n1. The summed E-state index contributed by atoms with van der Waals surface area (Å²) in [5, 5.41) is 11.9. The molecule has 2 heterocycles. The summed E-state index contributed by atoms with van der Waals surface area (Å²) in [6, 6.07) is 13.5. The maximum atomic E-state index is 13.3. The number of rotatable bonds is 2. The minimum Gasteiger partial charge on any atom is -0.385 e. The molecule has 1 aliphatic heterocycles. The summed E-state index contributed by atoms with van der Waals surface area (Å²) in [5.74, 6) is -0.0250. The van der Waals surface area contributed by atoms with Crippen LogP contribution in [0.2, 0.25) is 5.15 Å². The molecule has 27 heavy (non-hydrogen) atoms. The molecule has 2 fully saturated rings. The molecule has 2 aliphatic rings. The van der Waals surface area contributed by atoms with Crippen LogP contribution in [0.5, 0.6) is 0 Å². The fourth-order valence-corrected chi connectivity index (χ4v) is 5.14. The molecule has 0 bridgehead atoms. The fraction of sp³-hybridized carbons (Fsp3) is 0.455. The highest BCUT2D eigenvalue weighted by Crippen LogP contribution is 2.47. The van der Waals surface area contributed by atoms with Gasteiger partial charge in [0.2, 0.25) is 0 Å². The van der Waals surface area contributed by atoms with Crippen LogP contribution in [0.1, 0.15) is 53.7 Å². The average molecular weight is 385 g/mol. The summed E-state index contributed by atoms with van der Waals surface area (Å²) in [6.07, 6.45) is 4.56. The van der Waals surface area contributed by atoms with E-state index in [0.717, 1.165) is 36.9 Å². The third kappa shape index (κ3) is 3.26. The second kappa shape index (κ2) is 7.25. The Morgan fingerprint density at radius 3 is 2.67 bits per heavy atom. The van der Waals surface area contributed by atoms with E-state index >= 15 is 0 Å². The van der Waals surface area contributed by atoms with E-state index in [-0.39, 0.29) is 23.0 Å². The van der Waals surface area contributed by atoms with Gasteiger partial charge in [-0.2, -0.15) is 0 Å². The minimum absolute atomic E-state index is 0.0302. The molecule has 4 rings (SSSR count). The third-order valence-electron chi connectivity index (χ3n) is 6.23. The second-order valence-electron chi connectivity index (χ2n) is 7.79. The van der Waals surface area contributed by atoms with Gasteiger partial charge in [0.25, 0.3) is 5.91 Å².